The lowest BCUT2D eigenvalue weighted by atomic mass is 10.3. The standard InChI is InChI=1S/C21H30N6O2S.HI/c1-25(2)20(28)16-23-21(22-9-15-30-19-6-4-3-5-7-19)27-12-10-26(11-13-27)17-18-8-14-29-24-18;/h3-8,14H,9-13,15-17H2,1-2H3,(H,22,23);1H. The van der Waals surface area contributed by atoms with Crippen LogP contribution in [0.15, 0.2) is 57.1 Å². The molecule has 2 heterocycles. The van der Waals surface area contributed by atoms with E-state index in [1.165, 1.54) is 4.90 Å². The number of carbonyl (C=O) groups is 1. The summed E-state index contributed by atoms with van der Waals surface area (Å²) in [5, 5.41) is 7.45. The van der Waals surface area contributed by atoms with Crippen LogP contribution in [0.1, 0.15) is 5.69 Å². The molecule has 1 aromatic carbocycles. The molecule has 31 heavy (non-hydrogen) atoms. The molecule has 0 aliphatic carbocycles. The number of carbonyl (C=O) groups excluding carboxylic acids is 1. The van der Waals surface area contributed by atoms with Gasteiger partial charge in [0.05, 0.1) is 5.69 Å². The van der Waals surface area contributed by atoms with Crippen LogP contribution in [0.25, 0.3) is 0 Å². The van der Waals surface area contributed by atoms with Gasteiger partial charge in [0, 0.05) is 70.1 Å². The number of aromatic nitrogens is 1. The van der Waals surface area contributed by atoms with E-state index in [4.69, 9.17) is 4.52 Å². The third-order valence-electron chi connectivity index (χ3n) is 4.81. The first-order valence-corrected chi connectivity index (χ1v) is 11.1. The number of piperazine rings is 1. The van der Waals surface area contributed by atoms with Crippen molar-refractivity contribution < 1.29 is 9.32 Å². The number of thioether (sulfide) groups is 1. The fourth-order valence-corrected chi connectivity index (χ4v) is 3.86. The number of hydrogen-bond acceptors (Lipinski definition) is 6. The zero-order valence-electron chi connectivity index (χ0n) is 18.1. The number of hydrogen-bond donors (Lipinski definition) is 1. The van der Waals surface area contributed by atoms with Gasteiger partial charge in [0.2, 0.25) is 5.91 Å². The SMILES string of the molecule is CN(C)C(=O)CN=C(NCCSc1ccccc1)N1CCN(Cc2ccon2)CC1.I. The average molecular weight is 558 g/mol. The highest BCUT2D eigenvalue weighted by molar-refractivity contribution is 14.0. The highest BCUT2D eigenvalue weighted by atomic mass is 127. The summed E-state index contributed by atoms with van der Waals surface area (Å²) in [4.78, 5) is 24.0. The lowest BCUT2D eigenvalue weighted by molar-refractivity contribution is -0.127. The second-order valence-electron chi connectivity index (χ2n) is 7.27. The fourth-order valence-electron chi connectivity index (χ4n) is 3.07. The summed E-state index contributed by atoms with van der Waals surface area (Å²) < 4.78 is 4.92. The second-order valence-corrected chi connectivity index (χ2v) is 8.44. The van der Waals surface area contributed by atoms with Crippen LogP contribution in [0, 0.1) is 0 Å². The fraction of sp³-hybridized carbons (Fsp3) is 0.476. The zero-order valence-corrected chi connectivity index (χ0v) is 21.2. The number of nitrogens with zero attached hydrogens (tertiary/aromatic N) is 5. The van der Waals surface area contributed by atoms with E-state index in [2.05, 4.69) is 37.4 Å². The molecule has 0 atom stereocenters. The van der Waals surface area contributed by atoms with Gasteiger partial charge in [-0.15, -0.1) is 35.7 Å². The van der Waals surface area contributed by atoms with Gasteiger partial charge < -0.3 is 19.6 Å². The number of aliphatic imine (C=N–C) groups is 1. The molecule has 3 rings (SSSR count). The summed E-state index contributed by atoms with van der Waals surface area (Å²) in [7, 11) is 3.51. The molecular formula is C21H31IN6O2S. The first-order chi connectivity index (χ1) is 14.6. The van der Waals surface area contributed by atoms with Crippen molar-refractivity contribution in [2.75, 3.05) is 59.1 Å². The monoisotopic (exact) mass is 558 g/mol. The minimum atomic E-state index is -0.00220. The highest BCUT2D eigenvalue weighted by Gasteiger charge is 2.20. The number of benzene rings is 1. The molecule has 170 valence electrons. The number of guanidine groups is 1. The van der Waals surface area contributed by atoms with Crippen molar-refractivity contribution in [3.05, 3.63) is 48.4 Å². The van der Waals surface area contributed by atoms with Gasteiger partial charge in [-0.25, -0.2) is 4.99 Å². The summed E-state index contributed by atoms with van der Waals surface area (Å²) in [6, 6.07) is 12.3. The van der Waals surface area contributed by atoms with Crippen LogP contribution >= 0.6 is 35.7 Å². The number of rotatable bonds is 8. The Bertz CT molecular complexity index is 795. The van der Waals surface area contributed by atoms with E-state index in [1.807, 2.05) is 24.3 Å². The third-order valence-corrected chi connectivity index (χ3v) is 5.82. The Morgan fingerprint density at radius 2 is 1.94 bits per heavy atom. The molecule has 0 unspecified atom stereocenters. The van der Waals surface area contributed by atoms with E-state index in [0.29, 0.717) is 0 Å². The van der Waals surface area contributed by atoms with Crippen LogP contribution in [-0.2, 0) is 11.3 Å². The van der Waals surface area contributed by atoms with E-state index in [1.54, 1.807) is 37.0 Å². The molecule has 1 aromatic heterocycles. The highest BCUT2D eigenvalue weighted by Crippen LogP contribution is 2.16. The van der Waals surface area contributed by atoms with Crippen LogP contribution in [0.2, 0.25) is 0 Å². The summed E-state index contributed by atoms with van der Waals surface area (Å²) in [5.74, 6) is 1.73. The molecule has 1 fully saturated rings. The maximum absolute atomic E-state index is 12.0. The molecule has 0 bridgehead atoms. The van der Waals surface area contributed by atoms with Crippen LogP contribution in [0.4, 0.5) is 0 Å². The summed E-state index contributed by atoms with van der Waals surface area (Å²) >= 11 is 1.81. The van der Waals surface area contributed by atoms with Gasteiger partial charge in [-0.3, -0.25) is 9.69 Å². The molecule has 0 saturated carbocycles. The molecule has 10 heteroatoms. The molecule has 0 radical (unpaired) electrons. The quantitative estimate of drug-likeness (QED) is 0.175. The Kier molecular flexibility index (Phi) is 11.2. The molecule has 2 aromatic rings. The molecule has 1 saturated heterocycles. The summed E-state index contributed by atoms with van der Waals surface area (Å²) in [5.41, 5.74) is 0.949. The van der Waals surface area contributed by atoms with E-state index in [9.17, 15) is 4.79 Å². The number of halogens is 1. The van der Waals surface area contributed by atoms with Crippen molar-refractivity contribution in [1.82, 2.24) is 25.2 Å². The van der Waals surface area contributed by atoms with Gasteiger partial charge in [0.1, 0.15) is 12.8 Å². The lowest BCUT2D eigenvalue weighted by Crippen LogP contribution is -2.52. The molecule has 1 N–H and O–H groups in total. The van der Waals surface area contributed by atoms with E-state index in [0.717, 1.165) is 56.7 Å². The predicted octanol–water partition coefficient (Wildman–Crippen LogP) is 2.24. The Hall–Kier alpha value is -1.79. The van der Waals surface area contributed by atoms with Crippen molar-refractivity contribution in [3.63, 3.8) is 0 Å². The Labute approximate surface area is 205 Å². The smallest absolute Gasteiger partial charge is 0.243 e. The molecular weight excluding hydrogens is 527 g/mol. The van der Waals surface area contributed by atoms with Crippen molar-refractivity contribution >= 4 is 47.6 Å². The molecule has 8 nitrogen and oxygen atoms in total. The Morgan fingerprint density at radius 3 is 2.58 bits per heavy atom. The van der Waals surface area contributed by atoms with Gasteiger partial charge in [0.25, 0.3) is 0 Å². The number of likely N-dealkylation sites (N-methyl/N-ethyl adjacent to an activating group) is 1. The molecule has 1 amide bonds. The predicted molar refractivity (Wildman–Crippen MR) is 135 cm³/mol. The van der Waals surface area contributed by atoms with E-state index >= 15 is 0 Å². The van der Waals surface area contributed by atoms with Crippen molar-refractivity contribution in [1.29, 1.82) is 0 Å². The number of amides is 1. The topological polar surface area (TPSA) is 77.2 Å². The van der Waals surface area contributed by atoms with Crippen LogP contribution < -0.4 is 5.32 Å². The van der Waals surface area contributed by atoms with E-state index in [-0.39, 0.29) is 36.4 Å². The van der Waals surface area contributed by atoms with Crippen molar-refractivity contribution in [2.45, 2.75) is 11.4 Å². The normalized spacial score (nSPS) is 14.8. The second kappa shape index (κ2) is 13.6. The van der Waals surface area contributed by atoms with E-state index < -0.39 is 0 Å². The first-order valence-electron chi connectivity index (χ1n) is 10.1. The average Bonchev–Trinajstić information content (AvgIpc) is 3.27. The summed E-state index contributed by atoms with van der Waals surface area (Å²) in [6.07, 6.45) is 1.61. The van der Waals surface area contributed by atoms with Crippen LogP contribution in [-0.4, -0.2) is 90.8 Å². The largest absolute Gasteiger partial charge is 0.364 e. The molecule has 1 aliphatic heterocycles. The zero-order chi connectivity index (χ0) is 21.2. The van der Waals surface area contributed by atoms with Crippen LogP contribution in [0.5, 0.6) is 0 Å². The third kappa shape index (κ3) is 8.69. The van der Waals surface area contributed by atoms with Crippen molar-refractivity contribution in [3.8, 4) is 0 Å². The van der Waals surface area contributed by atoms with Gasteiger partial charge in [-0.1, -0.05) is 23.4 Å². The Balaban J connectivity index is 0.00000341. The molecule has 1 aliphatic rings. The maximum Gasteiger partial charge on any atom is 0.243 e. The van der Waals surface area contributed by atoms with Gasteiger partial charge in [-0.2, -0.15) is 0 Å². The summed E-state index contributed by atoms with van der Waals surface area (Å²) in [6.45, 7) is 5.25. The van der Waals surface area contributed by atoms with Crippen molar-refractivity contribution in [2.24, 2.45) is 4.99 Å². The minimum Gasteiger partial charge on any atom is -0.364 e. The van der Waals surface area contributed by atoms with Gasteiger partial charge in [-0.05, 0) is 12.1 Å². The number of nitrogens with one attached hydrogen (secondary N) is 1. The van der Waals surface area contributed by atoms with Gasteiger partial charge in [0.15, 0.2) is 5.96 Å². The lowest BCUT2D eigenvalue weighted by Gasteiger charge is -2.36. The molecule has 0 spiro atoms. The van der Waals surface area contributed by atoms with Gasteiger partial charge >= 0.3 is 0 Å². The minimum absolute atomic E-state index is 0. The van der Waals surface area contributed by atoms with Crippen LogP contribution in [0.3, 0.4) is 0 Å². The first kappa shape index (κ1) is 25.5. The maximum atomic E-state index is 12.0. The Morgan fingerprint density at radius 1 is 1.19 bits per heavy atom.